The quantitative estimate of drug-likeness (QED) is 0.137. The van der Waals surface area contributed by atoms with Crippen molar-refractivity contribution in [2.24, 2.45) is 51.8 Å². The molecule has 54 heavy (non-hydrogen) atoms. The Hall–Kier alpha value is -2.06. The number of allylic oxidation sites excluding steroid dienone is 2. The molecule has 0 amide bonds. The van der Waals surface area contributed by atoms with E-state index in [0.717, 1.165) is 64.2 Å². The maximum atomic E-state index is 12.8. The van der Waals surface area contributed by atoms with Crippen molar-refractivity contribution < 1.29 is 54.1 Å². The van der Waals surface area contributed by atoms with E-state index < -0.39 is 66.1 Å². The Morgan fingerprint density at radius 1 is 0.926 bits per heavy atom. The molecular formula is C42H65NO11. The van der Waals surface area contributed by atoms with Crippen LogP contribution in [0.2, 0.25) is 0 Å². The van der Waals surface area contributed by atoms with Crippen LogP contribution in [0.1, 0.15) is 112 Å². The first-order chi connectivity index (χ1) is 25.5. The monoisotopic (exact) mass is 759 g/mol. The Bertz CT molecular complexity index is 1470. The molecule has 5 aliphatic carbocycles. The minimum absolute atomic E-state index is 0.00719. The lowest BCUT2D eigenvalue weighted by Crippen LogP contribution is -2.66. The highest BCUT2D eigenvalue weighted by molar-refractivity contribution is 5.76. The number of carbonyl (C=O) groups is 2. The smallest absolute Gasteiger partial charge is 0.333 e. The van der Waals surface area contributed by atoms with E-state index in [9.17, 15) is 35.1 Å². The number of aliphatic hydroxyl groups is 3. The van der Waals surface area contributed by atoms with Crippen molar-refractivity contribution in [2.45, 2.75) is 166 Å². The lowest BCUT2D eigenvalue weighted by molar-refractivity contribution is -0.346. The van der Waals surface area contributed by atoms with Crippen LogP contribution in [-0.4, -0.2) is 98.8 Å². The molecule has 7 rings (SSSR count). The fourth-order valence-electron chi connectivity index (χ4n) is 13.2. The Morgan fingerprint density at radius 2 is 1.65 bits per heavy atom. The van der Waals surface area contributed by atoms with Crippen molar-refractivity contribution in [3.8, 4) is 0 Å². The predicted octanol–water partition coefficient (Wildman–Crippen LogP) is 4.99. The van der Waals surface area contributed by atoms with Gasteiger partial charge in [0.15, 0.2) is 18.7 Å². The van der Waals surface area contributed by atoms with Crippen LogP contribution < -0.4 is 5.32 Å². The third-order valence-electron chi connectivity index (χ3n) is 16.2. The van der Waals surface area contributed by atoms with Crippen LogP contribution in [0.25, 0.3) is 0 Å². The number of ether oxygens (including phenoxy) is 4. The van der Waals surface area contributed by atoms with Crippen LogP contribution in [0, 0.1) is 51.8 Å². The topological polar surface area (TPSA) is 184 Å². The molecule has 12 heteroatoms. The minimum Gasteiger partial charge on any atom is -0.481 e. The second kappa shape index (κ2) is 14.7. The zero-order valence-corrected chi connectivity index (χ0v) is 32.8. The summed E-state index contributed by atoms with van der Waals surface area (Å²) in [4.78, 5) is 25.1. The van der Waals surface area contributed by atoms with Crippen molar-refractivity contribution in [3.05, 3.63) is 24.4 Å². The van der Waals surface area contributed by atoms with Crippen molar-refractivity contribution in [1.29, 1.82) is 0 Å². The maximum absolute atomic E-state index is 12.8. The van der Waals surface area contributed by atoms with E-state index in [1.807, 2.05) is 0 Å². The number of rotatable bonds is 9. The highest BCUT2D eigenvalue weighted by Crippen LogP contribution is 2.70. The number of carboxylic acids is 2. The van der Waals surface area contributed by atoms with Gasteiger partial charge in [0.1, 0.15) is 23.9 Å². The largest absolute Gasteiger partial charge is 0.481 e. The molecule has 2 saturated heterocycles. The van der Waals surface area contributed by atoms with Gasteiger partial charge in [-0.05, 0) is 124 Å². The van der Waals surface area contributed by atoms with Crippen LogP contribution in [0.15, 0.2) is 24.4 Å². The molecule has 0 spiro atoms. The fraction of sp³-hybridized carbons (Fsp3) is 0.857. The van der Waals surface area contributed by atoms with Gasteiger partial charge in [-0.3, -0.25) is 4.79 Å². The van der Waals surface area contributed by atoms with Gasteiger partial charge in [0.2, 0.25) is 0 Å². The number of hydrogen-bond acceptors (Lipinski definition) is 10. The lowest BCUT2D eigenvalue weighted by atomic mass is 9.38. The van der Waals surface area contributed by atoms with Gasteiger partial charge < -0.3 is 49.8 Å². The van der Waals surface area contributed by atoms with E-state index in [1.54, 1.807) is 6.92 Å². The minimum atomic E-state index is -1.56. The summed E-state index contributed by atoms with van der Waals surface area (Å²) < 4.78 is 24.9. The molecule has 3 unspecified atom stereocenters. The lowest BCUT2D eigenvalue weighted by Gasteiger charge is -2.66. The summed E-state index contributed by atoms with van der Waals surface area (Å²) >= 11 is 0. The van der Waals surface area contributed by atoms with Gasteiger partial charge in [0.05, 0.1) is 17.6 Å². The first-order valence-electron chi connectivity index (χ1n) is 20.7. The normalized spacial score (nSPS) is 51.7. The molecule has 0 aromatic heterocycles. The molecule has 304 valence electrons. The molecular weight excluding hydrogens is 694 g/mol. The molecule has 2 heterocycles. The molecule has 7 aliphatic rings. The van der Waals surface area contributed by atoms with E-state index in [2.05, 4.69) is 45.7 Å². The average Bonchev–Trinajstić information content (AvgIpc) is 3.13. The van der Waals surface area contributed by atoms with Crippen LogP contribution in [0.4, 0.5) is 0 Å². The molecule has 6 N–H and O–H groups in total. The van der Waals surface area contributed by atoms with Gasteiger partial charge in [0, 0.05) is 19.4 Å². The number of aliphatic carboxylic acids is 2. The van der Waals surface area contributed by atoms with Gasteiger partial charge in [-0.15, -0.1) is 0 Å². The summed E-state index contributed by atoms with van der Waals surface area (Å²) in [6.45, 7) is 14.9. The molecule has 12 nitrogen and oxygen atoms in total. The molecule has 0 aromatic carbocycles. The van der Waals surface area contributed by atoms with Crippen molar-refractivity contribution in [1.82, 2.24) is 5.32 Å². The highest BCUT2D eigenvalue weighted by Gasteiger charge is 2.64. The first-order valence-corrected chi connectivity index (χ1v) is 20.7. The Labute approximate surface area is 320 Å². The SMILES string of the molecule is C=CNC[C@]1(C)O[C@@H](O[C@@H]2C[C@H](O[C@H]3CC[C@@]4(C)C(CC[C@@]5(C)C6CC[C@@]7(C(=O)O)CC[C@H](C)C[C@H]7C6=CCC54)[C@H]3C)O[C@H](C(=O)O)C2)[C@H](O)[C@H](O)[C@H]1O. The Kier molecular flexibility index (Phi) is 10.9. The zero-order valence-electron chi connectivity index (χ0n) is 32.8. The van der Waals surface area contributed by atoms with E-state index in [1.165, 1.54) is 11.8 Å². The second-order valence-corrected chi connectivity index (χ2v) is 19.1. The molecule has 6 fully saturated rings. The van der Waals surface area contributed by atoms with Gasteiger partial charge in [0.25, 0.3) is 0 Å². The van der Waals surface area contributed by atoms with Crippen LogP contribution in [-0.2, 0) is 28.5 Å². The second-order valence-electron chi connectivity index (χ2n) is 19.1. The molecule has 0 aromatic rings. The van der Waals surface area contributed by atoms with E-state index >= 15 is 0 Å². The molecule has 0 radical (unpaired) electrons. The Balaban J connectivity index is 1.05. The summed E-state index contributed by atoms with van der Waals surface area (Å²) in [5.41, 5.74) is -0.257. The van der Waals surface area contributed by atoms with E-state index in [-0.39, 0.29) is 48.2 Å². The van der Waals surface area contributed by atoms with Crippen LogP contribution in [0.3, 0.4) is 0 Å². The summed E-state index contributed by atoms with van der Waals surface area (Å²) in [6, 6.07) is 0. The van der Waals surface area contributed by atoms with E-state index in [0.29, 0.717) is 23.7 Å². The van der Waals surface area contributed by atoms with Crippen LogP contribution in [0.5, 0.6) is 0 Å². The standard InChI is InChI=1S/C42H65NO11/c1-7-43-21-41(6)35(46)33(44)34(45)37(54-41)51-24-19-30(36(47)48)53-32(20-24)52-29-13-15-39(4)26(23(29)3)11-14-40(5)27-12-17-42(38(49)50)16-10-22(2)18-28(42)25(27)8-9-31(39)40/h7-8,22-24,26-35,37,43-46H,1,9-21H2,2-6H3,(H,47,48)(H,49,50)/t22-,23+,24-,26?,27?,28-,29-,30-,31?,32+,33-,34+,35+,37+,39-,40-,41-,42-/m0/s1. The maximum Gasteiger partial charge on any atom is 0.333 e. The van der Waals surface area contributed by atoms with Crippen LogP contribution >= 0.6 is 0 Å². The summed E-state index contributed by atoms with van der Waals surface area (Å²) in [5.74, 6) is 0.488. The molecule has 4 saturated carbocycles. The third-order valence-corrected chi connectivity index (χ3v) is 16.2. The zero-order chi connectivity index (χ0) is 39.0. The van der Waals surface area contributed by atoms with Crippen molar-refractivity contribution in [2.75, 3.05) is 6.54 Å². The predicted molar refractivity (Wildman–Crippen MR) is 198 cm³/mol. The number of hydrogen-bond donors (Lipinski definition) is 6. The van der Waals surface area contributed by atoms with Gasteiger partial charge in [-0.2, -0.15) is 0 Å². The number of carboxylic acid groups (broad SMARTS) is 2. The number of nitrogens with one attached hydrogen (secondary N) is 1. The highest BCUT2D eigenvalue weighted by atomic mass is 16.7. The van der Waals surface area contributed by atoms with Crippen molar-refractivity contribution in [3.63, 3.8) is 0 Å². The third kappa shape index (κ3) is 6.57. The van der Waals surface area contributed by atoms with E-state index in [4.69, 9.17) is 18.9 Å². The van der Waals surface area contributed by atoms with Gasteiger partial charge >= 0.3 is 11.9 Å². The Morgan fingerprint density at radius 3 is 2.35 bits per heavy atom. The van der Waals surface area contributed by atoms with Crippen molar-refractivity contribution >= 4 is 11.9 Å². The first kappa shape index (κ1) is 40.1. The summed E-state index contributed by atoms with van der Waals surface area (Å²) in [6.07, 6.45) is 4.90. The summed E-state index contributed by atoms with van der Waals surface area (Å²) in [5, 5.41) is 55.6. The number of aliphatic hydroxyl groups excluding tert-OH is 3. The summed E-state index contributed by atoms with van der Waals surface area (Å²) in [7, 11) is 0. The number of fused-ring (bicyclic) bond motifs is 7. The van der Waals surface area contributed by atoms with Gasteiger partial charge in [-0.25, -0.2) is 4.79 Å². The molecule has 2 aliphatic heterocycles. The van der Waals surface area contributed by atoms with Gasteiger partial charge in [-0.1, -0.05) is 45.9 Å². The molecule has 18 atom stereocenters. The average molecular weight is 760 g/mol. The molecule has 0 bridgehead atoms. The fourth-order valence-corrected chi connectivity index (χ4v) is 13.2.